The van der Waals surface area contributed by atoms with E-state index in [-0.39, 0.29) is 11.8 Å². The fourth-order valence-corrected chi connectivity index (χ4v) is 3.67. The fraction of sp³-hybridized carbons (Fsp3) is 0.364. The highest BCUT2D eigenvalue weighted by Gasteiger charge is 2.23. The van der Waals surface area contributed by atoms with Gasteiger partial charge in [-0.15, -0.1) is 4.73 Å². The molecule has 1 unspecified atom stereocenters. The first-order chi connectivity index (χ1) is 14.6. The van der Waals surface area contributed by atoms with Crippen molar-refractivity contribution in [2.45, 2.75) is 13.2 Å². The lowest BCUT2D eigenvalue weighted by Gasteiger charge is -2.31. The standard InChI is InChI=1S/C22H25N3O5/c1-15(24-11-13-29-14-12-24)30-25-10-9-17-19(22(25)26)20(27-2)18(21(23-17)28-3)16-7-5-4-6-8-16/h4-10,15H,11-14H2,1-3H3. The van der Waals surface area contributed by atoms with E-state index in [0.717, 1.165) is 18.7 Å². The molecule has 0 amide bonds. The molecule has 1 aliphatic rings. The molecule has 0 N–H and O–H groups in total. The number of pyridine rings is 2. The monoisotopic (exact) mass is 411 g/mol. The Morgan fingerprint density at radius 3 is 2.47 bits per heavy atom. The molecule has 1 atom stereocenters. The number of benzene rings is 1. The zero-order valence-electron chi connectivity index (χ0n) is 17.3. The fourth-order valence-electron chi connectivity index (χ4n) is 3.67. The van der Waals surface area contributed by atoms with Gasteiger partial charge in [0, 0.05) is 13.1 Å². The normalized spacial score (nSPS) is 15.7. The molecule has 2 aromatic heterocycles. The Balaban J connectivity index is 1.83. The molecule has 0 bridgehead atoms. The quantitative estimate of drug-likeness (QED) is 0.615. The molecule has 1 saturated heterocycles. The van der Waals surface area contributed by atoms with Gasteiger partial charge in [-0.25, -0.2) is 4.98 Å². The van der Waals surface area contributed by atoms with Crippen LogP contribution in [0.3, 0.4) is 0 Å². The Morgan fingerprint density at radius 2 is 1.80 bits per heavy atom. The number of hydrogen-bond acceptors (Lipinski definition) is 7. The van der Waals surface area contributed by atoms with Gasteiger partial charge in [-0.3, -0.25) is 9.69 Å². The van der Waals surface area contributed by atoms with Gasteiger partial charge in [0.1, 0.15) is 11.1 Å². The molecule has 30 heavy (non-hydrogen) atoms. The Labute approximate surface area is 174 Å². The van der Waals surface area contributed by atoms with Gasteiger partial charge in [-0.05, 0) is 18.6 Å². The van der Waals surface area contributed by atoms with Crippen molar-refractivity contribution >= 4 is 10.9 Å². The van der Waals surface area contributed by atoms with E-state index in [1.807, 2.05) is 37.3 Å². The smallest absolute Gasteiger partial charge is 0.296 e. The maximum Gasteiger partial charge on any atom is 0.296 e. The minimum absolute atomic E-state index is 0.283. The van der Waals surface area contributed by atoms with Gasteiger partial charge >= 0.3 is 0 Å². The lowest BCUT2D eigenvalue weighted by atomic mass is 10.0. The number of ether oxygens (including phenoxy) is 3. The summed E-state index contributed by atoms with van der Waals surface area (Å²) in [6.45, 7) is 4.73. The van der Waals surface area contributed by atoms with Crippen LogP contribution < -0.4 is 19.9 Å². The minimum Gasteiger partial charge on any atom is -0.495 e. The van der Waals surface area contributed by atoms with Crippen LogP contribution in [0.5, 0.6) is 11.6 Å². The Kier molecular flexibility index (Phi) is 5.87. The van der Waals surface area contributed by atoms with Gasteiger partial charge < -0.3 is 19.0 Å². The second-order valence-corrected chi connectivity index (χ2v) is 6.96. The minimum atomic E-state index is -0.336. The number of aromatic nitrogens is 2. The zero-order valence-corrected chi connectivity index (χ0v) is 17.3. The summed E-state index contributed by atoms with van der Waals surface area (Å²) in [5.74, 6) is 0.801. The first-order valence-electron chi connectivity index (χ1n) is 9.85. The molecule has 1 fully saturated rings. The van der Waals surface area contributed by atoms with Crippen LogP contribution in [-0.4, -0.2) is 61.4 Å². The molecule has 0 radical (unpaired) electrons. The van der Waals surface area contributed by atoms with Gasteiger partial charge in [0.05, 0.1) is 44.7 Å². The summed E-state index contributed by atoms with van der Waals surface area (Å²) in [6.07, 6.45) is 1.30. The Morgan fingerprint density at radius 1 is 1.07 bits per heavy atom. The maximum atomic E-state index is 13.3. The van der Waals surface area contributed by atoms with Crippen molar-refractivity contribution < 1.29 is 19.0 Å². The number of fused-ring (bicyclic) bond motifs is 1. The van der Waals surface area contributed by atoms with E-state index in [2.05, 4.69) is 9.88 Å². The Hall–Kier alpha value is -3.10. The lowest BCUT2D eigenvalue weighted by molar-refractivity contribution is -0.0928. The van der Waals surface area contributed by atoms with Crippen molar-refractivity contribution in [2.24, 2.45) is 0 Å². The van der Waals surface area contributed by atoms with E-state index < -0.39 is 0 Å². The molecule has 0 aliphatic carbocycles. The maximum absolute atomic E-state index is 13.3. The molecular weight excluding hydrogens is 386 g/mol. The summed E-state index contributed by atoms with van der Waals surface area (Å²) in [5, 5.41) is 0.342. The molecule has 8 nitrogen and oxygen atoms in total. The van der Waals surface area contributed by atoms with E-state index in [4.69, 9.17) is 19.0 Å². The first kappa shape index (κ1) is 20.2. The number of rotatable bonds is 6. The van der Waals surface area contributed by atoms with E-state index in [0.29, 0.717) is 41.3 Å². The molecule has 0 spiro atoms. The van der Waals surface area contributed by atoms with Gasteiger partial charge in [-0.1, -0.05) is 30.3 Å². The molecule has 1 aliphatic heterocycles. The number of methoxy groups -OCH3 is 2. The van der Waals surface area contributed by atoms with Crippen LogP contribution in [0, 0.1) is 0 Å². The SMILES string of the molecule is COc1nc2ccn(OC(C)N3CCOCC3)c(=O)c2c(OC)c1-c1ccccc1. The third kappa shape index (κ3) is 3.71. The first-order valence-corrected chi connectivity index (χ1v) is 9.85. The van der Waals surface area contributed by atoms with Gasteiger partial charge in [0.25, 0.3) is 5.56 Å². The van der Waals surface area contributed by atoms with Crippen molar-refractivity contribution in [1.82, 2.24) is 14.6 Å². The summed E-state index contributed by atoms with van der Waals surface area (Å²) < 4.78 is 17.8. The highest BCUT2D eigenvalue weighted by molar-refractivity contribution is 5.94. The highest BCUT2D eigenvalue weighted by Crippen LogP contribution is 2.40. The molecular formula is C22H25N3O5. The summed E-state index contributed by atoms with van der Waals surface area (Å²) in [4.78, 5) is 26.0. The van der Waals surface area contributed by atoms with Crippen molar-refractivity contribution in [2.75, 3.05) is 40.5 Å². The number of morpholine rings is 1. The Bertz CT molecular complexity index is 1080. The summed E-state index contributed by atoms with van der Waals surface area (Å²) in [7, 11) is 3.09. The second kappa shape index (κ2) is 8.73. The molecule has 1 aromatic carbocycles. The van der Waals surface area contributed by atoms with Crippen molar-refractivity contribution in [3.8, 4) is 22.8 Å². The van der Waals surface area contributed by atoms with Crippen molar-refractivity contribution in [3.05, 3.63) is 52.9 Å². The third-order valence-electron chi connectivity index (χ3n) is 5.21. The van der Waals surface area contributed by atoms with Gasteiger partial charge in [-0.2, -0.15) is 0 Å². The van der Waals surface area contributed by atoms with Crippen LogP contribution in [0.2, 0.25) is 0 Å². The van der Waals surface area contributed by atoms with E-state index >= 15 is 0 Å². The van der Waals surface area contributed by atoms with Crippen LogP contribution in [0.4, 0.5) is 0 Å². The molecule has 4 rings (SSSR count). The van der Waals surface area contributed by atoms with Crippen LogP contribution in [-0.2, 0) is 4.74 Å². The molecule has 3 heterocycles. The average molecular weight is 411 g/mol. The van der Waals surface area contributed by atoms with Gasteiger partial charge in [0.15, 0.2) is 6.23 Å². The van der Waals surface area contributed by atoms with Crippen molar-refractivity contribution in [1.29, 1.82) is 0 Å². The predicted octanol–water partition coefficient (Wildman–Crippen LogP) is 2.19. The van der Waals surface area contributed by atoms with Crippen molar-refractivity contribution in [3.63, 3.8) is 0 Å². The zero-order chi connectivity index (χ0) is 21.1. The topological polar surface area (TPSA) is 75.0 Å². The molecule has 8 heteroatoms. The van der Waals surface area contributed by atoms with Crippen LogP contribution >= 0.6 is 0 Å². The number of nitrogens with zero attached hydrogens (tertiary/aromatic N) is 3. The van der Waals surface area contributed by atoms with E-state index in [9.17, 15) is 4.79 Å². The molecule has 0 saturated carbocycles. The predicted molar refractivity (Wildman–Crippen MR) is 113 cm³/mol. The molecule has 158 valence electrons. The van der Waals surface area contributed by atoms with E-state index in [1.165, 1.54) is 11.8 Å². The van der Waals surface area contributed by atoms with Crippen LogP contribution in [0.1, 0.15) is 6.92 Å². The summed E-state index contributed by atoms with van der Waals surface area (Å²) >= 11 is 0. The van der Waals surface area contributed by atoms with Crippen LogP contribution in [0.15, 0.2) is 47.4 Å². The lowest BCUT2D eigenvalue weighted by Crippen LogP contribution is -2.48. The highest BCUT2D eigenvalue weighted by atomic mass is 16.7. The molecule has 3 aromatic rings. The number of hydrogen-bond donors (Lipinski definition) is 0. The van der Waals surface area contributed by atoms with Crippen LogP contribution in [0.25, 0.3) is 22.0 Å². The third-order valence-corrected chi connectivity index (χ3v) is 5.21. The summed E-state index contributed by atoms with van der Waals surface area (Å²) in [6, 6.07) is 11.3. The average Bonchev–Trinajstić information content (AvgIpc) is 2.80. The second-order valence-electron chi connectivity index (χ2n) is 6.96. The largest absolute Gasteiger partial charge is 0.495 e. The summed E-state index contributed by atoms with van der Waals surface area (Å²) in [5.41, 5.74) is 1.62. The van der Waals surface area contributed by atoms with E-state index in [1.54, 1.807) is 19.4 Å². The van der Waals surface area contributed by atoms with Gasteiger partial charge in [0.2, 0.25) is 5.88 Å².